The fraction of sp³-hybridized carbons (Fsp3) is 0.522. The first-order valence-corrected chi connectivity index (χ1v) is 9.69. The molecule has 27 heavy (non-hydrogen) atoms. The van der Waals surface area contributed by atoms with Crippen LogP contribution in [0.3, 0.4) is 0 Å². The highest BCUT2D eigenvalue weighted by Gasteiger charge is 2.31. The van der Waals surface area contributed by atoms with E-state index in [9.17, 15) is 9.18 Å². The van der Waals surface area contributed by atoms with E-state index in [2.05, 4.69) is 33.8 Å². The minimum Gasteiger partial charge on any atom is -0.493 e. The standard InChI is InChI=1S/C23H31FO3/c1-8-26-20-13-19-18(16(14(3)4)10-11-23(19,6)7)12-17(20)15(5)21(24)22(25)27-9-2/h10,12-14H,8-9,11H2,1-7H3. The van der Waals surface area contributed by atoms with Crippen LogP contribution in [-0.2, 0) is 14.9 Å². The van der Waals surface area contributed by atoms with E-state index < -0.39 is 11.8 Å². The van der Waals surface area contributed by atoms with Crippen LogP contribution in [0.2, 0.25) is 0 Å². The summed E-state index contributed by atoms with van der Waals surface area (Å²) in [6.45, 7) is 14.5. The molecule has 0 saturated heterocycles. The van der Waals surface area contributed by atoms with E-state index in [1.54, 1.807) is 13.8 Å². The molecule has 0 amide bonds. The molecule has 0 bridgehead atoms. The minimum atomic E-state index is -0.935. The van der Waals surface area contributed by atoms with E-state index in [1.165, 1.54) is 11.1 Å². The molecule has 0 fully saturated rings. The normalized spacial score (nSPS) is 16.4. The van der Waals surface area contributed by atoms with Crippen molar-refractivity contribution in [3.63, 3.8) is 0 Å². The lowest BCUT2D eigenvalue weighted by Gasteiger charge is -2.34. The van der Waals surface area contributed by atoms with E-state index in [0.717, 1.165) is 12.0 Å². The Hall–Kier alpha value is -2.10. The number of esters is 1. The maximum atomic E-state index is 14.7. The third-order valence-corrected chi connectivity index (χ3v) is 5.10. The summed E-state index contributed by atoms with van der Waals surface area (Å²) in [7, 11) is 0. The van der Waals surface area contributed by atoms with E-state index in [1.807, 2.05) is 19.1 Å². The first-order valence-electron chi connectivity index (χ1n) is 9.69. The zero-order chi connectivity index (χ0) is 20.4. The van der Waals surface area contributed by atoms with E-state index >= 15 is 0 Å². The van der Waals surface area contributed by atoms with Crippen molar-refractivity contribution < 1.29 is 18.7 Å². The van der Waals surface area contributed by atoms with Crippen molar-refractivity contribution >= 4 is 17.1 Å². The van der Waals surface area contributed by atoms with Crippen LogP contribution in [0.5, 0.6) is 5.75 Å². The van der Waals surface area contributed by atoms with Gasteiger partial charge in [-0.15, -0.1) is 0 Å². The lowest BCUT2D eigenvalue weighted by Crippen LogP contribution is -2.23. The van der Waals surface area contributed by atoms with Crippen LogP contribution >= 0.6 is 0 Å². The van der Waals surface area contributed by atoms with Gasteiger partial charge in [0.15, 0.2) is 0 Å². The van der Waals surface area contributed by atoms with Crippen molar-refractivity contribution in [1.82, 2.24) is 0 Å². The average molecular weight is 374 g/mol. The number of allylic oxidation sites excluding steroid dienone is 3. The van der Waals surface area contributed by atoms with Crippen LogP contribution in [-0.4, -0.2) is 19.2 Å². The Bertz CT molecular complexity index is 785. The van der Waals surface area contributed by atoms with Gasteiger partial charge in [-0.2, -0.15) is 4.39 Å². The maximum absolute atomic E-state index is 14.7. The summed E-state index contributed by atoms with van der Waals surface area (Å²) in [5, 5.41) is 0. The fourth-order valence-electron chi connectivity index (χ4n) is 3.54. The van der Waals surface area contributed by atoms with Crippen molar-refractivity contribution in [2.75, 3.05) is 13.2 Å². The smallest absolute Gasteiger partial charge is 0.367 e. The Labute approximate surface area is 162 Å². The Balaban J connectivity index is 2.72. The van der Waals surface area contributed by atoms with Gasteiger partial charge < -0.3 is 9.47 Å². The molecule has 3 nitrogen and oxygen atoms in total. The van der Waals surface area contributed by atoms with Gasteiger partial charge in [0.25, 0.3) is 0 Å². The van der Waals surface area contributed by atoms with Crippen LogP contribution in [0.15, 0.2) is 24.0 Å². The summed E-state index contributed by atoms with van der Waals surface area (Å²) in [4.78, 5) is 11.9. The van der Waals surface area contributed by atoms with Gasteiger partial charge >= 0.3 is 5.97 Å². The van der Waals surface area contributed by atoms with Crippen molar-refractivity contribution in [1.29, 1.82) is 0 Å². The molecule has 0 atom stereocenters. The maximum Gasteiger partial charge on any atom is 0.367 e. The molecule has 0 radical (unpaired) electrons. The summed E-state index contributed by atoms with van der Waals surface area (Å²) in [5.41, 5.74) is 4.37. The third kappa shape index (κ3) is 4.26. The molecule has 148 valence electrons. The van der Waals surface area contributed by atoms with Gasteiger partial charge in [0.2, 0.25) is 5.83 Å². The summed E-state index contributed by atoms with van der Waals surface area (Å²) < 4.78 is 25.3. The van der Waals surface area contributed by atoms with Crippen LogP contribution in [0.1, 0.15) is 71.6 Å². The Kier molecular flexibility index (Phi) is 6.50. The van der Waals surface area contributed by atoms with Gasteiger partial charge in [-0.05, 0) is 67.4 Å². The van der Waals surface area contributed by atoms with Gasteiger partial charge in [-0.3, -0.25) is 0 Å². The van der Waals surface area contributed by atoms with Crippen LogP contribution < -0.4 is 4.74 Å². The Morgan fingerprint density at radius 2 is 1.89 bits per heavy atom. The molecule has 1 aliphatic rings. The number of ether oxygens (including phenoxy) is 2. The second kappa shape index (κ2) is 8.28. The third-order valence-electron chi connectivity index (χ3n) is 5.10. The molecule has 4 heteroatoms. The van der Waals surface area contributed by atoms with Gasteiger partial charge in [-0.25, -0.2) is 4.79 Å². The SMILES string of the molecule is CCOC(=O)C(F)=C(C)c1cc2c(cc1OCC)C(C)(C)CC=C2C(C)C. The minimum absolute atomic E-state index is 0.0323. The fourth-order valence-corrected chi connectivity index (χ4v) is 3.54. The van der Waals surface area contributed by atoms with Crippen molar-refractivity contribution in [2.45, 2.75) is 60.3 Å². The van der Waals surface area contributed by atoms with Crippen LogP contribution in [0, 0.1) is 5.92 Å². The van der Waals surface area contributed by atoms with E-state index in [4.69, 9.17) is 9.47 Å². The van der Waals surface area contributed by atoms with E-state index in [-0.39, 0.29) is 17.6 Å². The zero-order valence-corrected chi connectivity index (χ0v) is 17.5. The predicted octanol–water partition coefficient (Wildman–Crippen LogP) is 6.07. The number of carbonyl (C=O) groups is 1. The molecule has 0 unspecified atom stereocenters. The molecule has 0 N–H and O–H groups in total. The molecule has 1 aliphatic carbocycles. The largest absolute Gasteiger partial charge is 0.493 e. The summed E-state index contributed by atoms with van der Waals surface area (Å²) in [6.07, 6.45) is 3.22. The average Bonchev–Trinajstić information content (AvgIpc) is 2.60. The number of benzene rings is 1. The summed E-state index contributed by atoms with van der Waals surface area (Å²) in [6, 6.07) is 3.99. The molecule has 0 saturated carbocycles. The van der Waals surface area contributed by atoms with Crippen molar-refractivity contribution in [3.05, 3.63) is 40.7 Å². The van der Waals surface area contributed by atoms with E-state index in [0.29, 0.717) is 23.8 Å². The molecular formula is C23H31FO3. The molecule has 1 aromatic rings. The van der Waals surface area contributed by atoms with Gasteiger partial charge in [0, 0.05) is 11.1 Å². The topological polar surface area (TPSA) is 35.5 Å². The monoisotopic (exact) mass is 374 g/mol. The van der Waals surface area contributed by atoms with Crippen LogP contribution in [0.4, 0.5) is 4.39 Å². The Morgan fingerprint density at radius 1 is 1.22 bits per heavy atom. The van der Waals surface area contributed by atoms with Gasteiger partial charge in [0.05, 0.1) is 13.2 Å². The second-order valence-electron chi connectivity index (χ2n) is 7.89. The number of rotatable bonds is 6. The highest BCUT2D eigenvalue weighted by molar-refractivity contribution is 5.96. The molecule has 1 aromatic carbocycles. The molecule has 0 aromatic heterocycles. The molecular weight excluding hydrogens is 343 g/mol. The molecule has 0 heterocycles. The lowest BCUT2D eigenvalue weighted by molar-refractivity contribution is -0.140. The predicted molar refractivity (Wildman–Crippen MR) is 108 cm³/mol. The van der Waals surface area contributed by atoms with Crippen molar-refractivity contribution in [2.24, 2.45) is 5.92 Å². The lowest BCUT2D eigenvalue weighted by atomic mass is 9.71. The first-order chi connectivity index (χ1) is 12.6. The molecule has 0 spiro atoms. The Morgan fingerprint density at radius 3 is 2.44 bits per heavy atom. The zero-order valence-electron chi connectivity index (χ0n) is 17.5. The molecule has 2 rings (SSSR count). The van der Waals surface area contributed by atoms with Gasteiger partial charge in [-0.1, -0.05) is 33.8 Å². The number of hydrogen-bond acceptors (Lipinski definition) is 3. The number of hydrogen-bond donors (Lipinski definition) is 0. The number of carbonyl (C=O) groups excluding carboxylic acids is 1. The summed E-state index contributed by atoms with van der Waals surface area (Å²) >= 11 is 0. The highest BCUT2D eigenvalue weighted by Crippen LogP contribution is 2.45. The second-order valence-corrected chi connectivity index (χ2v) is 7.89. The molecule has 0 aliphatic heterocycles. The van der Waals surface area contributed by atoms with Crippen LogP contribution in [0.25, 0.3) is 11.1 Å². The first kappa shape index (κ1) is 21.2. The number of fused-ring (bicyclic) bond motifs is 1. The van der Waals surface area contributed by atoms with Gasteiger partial charge in [0.1, 0.15) is 5.75 Å². The van der Waals surface area contributed by atoms with Crippen molar-refractivity contribution in [3.8, 4) is 5.75 Å². The number of halogens is 1. The summed E-state index contributed by atoms with van der Waals surface area (Å²) in [5.74, 6) is -0.853. The quantitative estimate of drug-likeness (QED) is 0.448. The highest BCUT2D eigenvalue weighted by atomic mass is 19.1.